The molecule has 2 aliphatic heterocycles. The summed E-state index contributed by atoms with van der Waals surface area (Å²) in [6.45, 7) is 2.02. The van der Waals surface area contributed by atoms with Crippen molar-refractivity contribution >= 4 is 29.1 Å². The Morgan fingerprint density at radius 2 is 2.00 bits per heavy atom. The Kier molecular flexibility index (Phi) is 5.26. The van der Waals surface area contributed by atoms with Crippen LogP contribution in [0, 0.1) is 0 Å². The fourth-order valence-electron chi connectivity index (χ4n) is 3.73. The van der Waals surface area contributed by atoms with Crippen molar-refractivity contribution in [3.8, 4) is 0 Å². The number of anilines is 3. The first-order valence-electron chi connectivity index (χ1n) is 9.82. The summed E-state index contributed by atoms with van der Waals surface area (Å²) in [6, 6.07) is 1.29. The maximum atomic E-state index is 13.1. The minimum absolute atomic E-state index is 0.0161. The smallest absolute Gasteiger partial charge is 0.366 e. The summed E-state index contributed by atoms with van der Waals surface area (Å²) >= 11 is 0. The van der Waals surface area contributed by atoms with Crippen LogP contribution in [-0.4, -0.2) is 58.1 Å². The predicted molar refractivity (Wildman–Crippen MR) is 109 cm³/mol. The molecule has 2 aromatic rings. The monoisotopic (exact) mass is 451 g/mol. The molecule has 3 amide bonds. The first-order chi connectivity index (χ1) is 15.1. The lowest BCUT2D eigenvalue weighted by Crippen LogP contribution is -2.49. The van der Waals surface area contributed by atoms with E-state index in [1.54, 1.807) is 6.07 Å². The summed E-state index contributed by atoms with van der Waals surface area (Å²) < 4.78 is 39.5. The number of carbonyl (C=O) groups is 2. The molecule has 170 valence electrons. The van der Waals surface area contributed by atoms with Gasteiger partial charge in [-0.2, -0.15) is 18.3 Å². The third-order valence-electron chi connectivity index (χ3n) is 5.49. The van der Waals surface area contributed by atoms with Gasteiger partial charge in [0.15, 0.2) is 5.82 Å². The molecule has 0 saturated carbocycles. The molecular weight excluding hydrogens is 431 g/mol. The summed E-state index contributed by atoms with van der Waals surface area (Å²) in [5, 5.41) is 8.22. The first-order valence-corrected chi connectivity index (χ1v) is 9.82. The molecule has 1 saturated heterocycles. The first kappa shape index (κ1) is 21.6. The van der Waals surface area contributed by atoms with Gasteiger partial charge in [-0.25, -0.2) is 14.5 Å². The highest BCUT2D eigenvalue weighted by atomic mass is 19.4. The zero-order chi connectivity index (χ0) is 23.2. The van der Waals surface area contributed by atoms with Gasteiger partial charge in [0.25, 0.3) is 11.5 Å². The van der Waals surface area contributed by atoms with Gasteiger partial charge in [-0.05, 0) is 31.5 Å². The van der Waals surface area contributed by atoms with Crippen LogP contribution in [-0.2, 0) is 7.05 Å². The number of alkyl halides is 3. The minimum atomic E-state index is -4.60. The van der Waals surface area contributed by atoms with E-state index in [9.17, 15) is 27.6 Å². The number of urea groups is 1. The van der Waals surface area contributed by atoms with Gasteiger partial charge < -0.3 is 15.5 Å². The van der Waals surface area contributed by atoms with Gasteiger partial charge in [0, 0.05) is 26.3 Å². The summed E-state index contributed by atoms with van der Waals surface area (Å²) in [7, 11) is 1.44. The lowest BCUT2D eigenvalue weighted by Gasteiger charge is -2.35. The second-order valence-corrected chi connectivity index (χ2v) is 7.64. The van der Waals surface area contributed by atoms with E-state index in [1.165, 1.54) is 30.3 Å². The van der Waals surface area contributed by atoms with Crippen LogP contribution in [0.15, 0.2) is 29.2 Å². The Hall–Kier alpha value is -3.64. The van der Waals surface area contributed by atoms with Gasteiger partial charge in [-0.15, -0.1) is 0 Å². The highest BCUT2D eigenvalue weighted by molar-refractivity contribution is 6.05. The van der Waals surface area contributed by atoms with Gasteiger partial charge in [0.1, 0.15) is 17.4 Å². The lowest BCUT2D eigenvalue weighted by molar-refractivity contribution is -0.149. The number of aromatic nitrogens is 3. The largest absolute Gasteiger partial charge is 0.408 e. The summed E-state index contributed by atoms with van der Waals surface area (Å²) in [5.41, 5.74) is -0.160. The number of nitrogens with zero attached hydrogens (tertiary/aromatic N) is 5. The van der Waals surface area contributed by atoms with Crippen molar-refractivity contribution in [1.29, 1.82) is 0 Å². The second kappa shape index (κ2) is 7.80. The average Bonchev–Trinajstić information content (AvgIpc) is 3.14. The van der Waals surface area contributed by atoms with Crippen molar-refractivity contribution in [3.63, 3.8) is 0 Å². The molecule has 1 fully saturated rings. The summed E-state index contributed by atoms with van der Waals surface area (Å²) in [6.07, 6.45) is -2.61. The van der Waals surface area contributed by atoms with Crippen LogP contribution in [0.25, 0.3) is 0 Å². The number of rotatable bonds is 3. The van der Waals surface area contributed by atoms with E-state index >= 15 is 0 Å². The Bertz CT molecular complexity index is 1130. The van der Waals surface area contributed by atoms with Crippen molar-refractivity contribution in [2.75, 3.05) is 28.2 Å². The van der Waals surface area contributed by atoms with E-state index in [1.807, 2.05) is 10.2 Å². The molecule has 32 heavy (non-hydrogen) atoms. The van der Waals surface area contributed by atoms with Gasteiger partial charge in [0.2, 0.25) is 0 Å². The SMILES string of the molecule is C[C@@H](NC(=O)c1ccc2c(n1)N(C(=O)Nc1ccnn(C)c1=O)[C@H]1CCN2C1)C(F)(F)F. The number of hydrogen-bond donors (Lipinski definition) is 2. The molecule has 2 bridgehead atoms. The van der Waals surface area contributed by atoms with Crippen molar-refractivity contribution in [2.24, 2.45) is 7.05 Å². The number of aryl methyl sites for hydroxylation is 1. The van der Waals surface area contributed by atoms with Crippen molar-refractivity contribution < 1.29 is 22.8 Å². The fourth-order valence-corrected chi connectivity index (χ4v) is 3.73. The van der Waals surface area contributed by atoms with E-state index in [4.69, 9.17) is 0 Å². The molecule has 0 radical (unpaired) electrons. The van der Waals surface area contributed by atoms with Crippen LogP contribution >= 0.6 is 0 Å². The third kappa shape index (κ3) is 3.85. The standard InChI is InChI=1S/C19H20F3N7O3/c1-10(19(20,21)22)24-16(30)12-3-4-14-15(25-12)29(11-6-8-28(14)9-11)18(32)26-13-5-7-23-27(2)17(13)31/h3-5,7,10-11H,6,8-9H2,1-2H3,(H,24,30)(H,26,32)/t10-,11+/m1/s1. The second-order valence-electron chi connectivity index (χ2n) is 7.64. The Balaban J connectivity index is 1.65. The third-order valence-corrected chi connectivity index (χ3v) is 5.49. The normalized spacial score (nSPS) is 18.2. The van der Waals surface area contributed by atoms with Gasteiger partial charge in [-0.3, -0.25) is 14.5 Å². The molecule has 2 atom stereocenters. The topological polar surface area (TPSA) is 112 Å². The number of fused-ring (bicyclic) bond motifs is 4. The number of hydrogen-bond acceptors (Lipinski definition) is 6. The number of pyridine rings is 1. The van der Waals surface area contributed by atoms with E-state index in [0.29, 0.717) is 25.2 Å². The lowest BCUT2D eigenvalue weighted by atomic mass is 10.1. The van der Waals surface area contributed by atoms with Crippen LogP contribution in [0.4, 0.5) is 35.2 Å². The van der Waals surface area contributed by atoms with Crippen LogP contribution in [0.5, 0.6) is 0 Å². The van der Waals surface area contributed by atoms with Crippen molar-refractivity contribution in [3.05, 3.63) is 40.4 Å². The van der Waals surface area contributed by atoms with Crippen LogP contribution in [0.2, 0.25) is 0 Å². The molecule has 4 rings (SSSR count). The Labute approximate surface area is 180 Å². The van der Waals surface area contributed by atoms with E-state index in [0.717, 1.165) is 11.6 Å². The Morgan fingerprint density at radius 3 is 2.72 bits per heavy atom. The zero-order valence-corrected chi connectivity index (χ0v) is 17.2. The van der Waals surface area contributed by atoms with E-state index in [2.05, 4.69) is 15.4 Å². The predicted octanol–water partition coefficient (Wildman–Crippen LogP) is 1.49. The Morgan fingerprint density at radius 1 is 1.25 bits per heavy atom. The molecule has 0 unspecified atom stereocenters. The molecule has 13 heteroatoms. The molecule has 2 aromatic heterocycles. The van der Waals surface area contributed by atoms with Crippen LogP contribution in [0.3, 0.4) is 0 Å². The van der Waals surface area contributed by atoms with Crippen molar-refractivity contribution in [2.45, 2.75) is 31.6 Å². The van der Waals surface area contributed by atoms with Gasteiger partial charge >= 0.3 is 12.2 Å². The van der Waals surface area contributed by atoms with Gasteiger partial charge in [0.05, 0.1) is 11.7 Å². The average molecular weight is 451 g/mol. The number of halogens is 3. The minimum Gasteiger partial charge on any atom is -0.366 e. The number of carbonyl (C=O) groups excluding carboxylic acids is 2. The van der Waals surface area contributed by atoms with E-state index in [-0.39, 0.29) is 23.2 Å². The molecule has 2 aliphatic rings. The summed E-state index contributed by atoms with van der Waals surface area (Å²) in [4.78, 5) is 45.2. The highest BCUT2D eigenvalue weighted by Crippen LogP contribution is 2.39. The maximum absolute atomic E-state index is 13.1. The molecular formula is C19H20F3N7O3. The highest BCUT2D eigenvalue weighted by Gasteiger charge is 2.41. The zero-order valence-electron chi connectivity index (χ0n) is 17.2. The van der Waals surface area contributed by atoms with Crippen molar-refractivity contribution in [1.82, 2.24) is 20.1 Å². The molecule has 10 nitrogen and oxygen atoms in total. The molecule has 0 aliphatic carbocycles. The molecule has 0 spiro atoms. The van der Waals surface area contributed by atoms with Crippen LogP contribution in [0.1, 0.15) is 23.8 Å². The quantitative estimate of drug-likeness (QED) is 0.731. The van der Waals surface area contributed by atoms with E-state index < -0.39 is 29.7 Å². The number of amides is 3. The number of nitrogens with one attached hydrogen (secondary N) is 2. The van der Waals surface area contributed by atoms with Crippen LogP contribution < -0.4 is 26.0 Å². The maximum Gasteiger partial charge on any atom is 0.408 e. The molecule has 2 N–H and O–H groups in total. The molecule has 0 aromatic carbocycles. The molecule has 4 heterocycles. The fraction of sp³-hybridized carbons (Fsp3) is 0.421. The summed E-state index contributed by atoms with van der Waals surface area (Å²) in [5.74, 6) is -0.858. The van der Waals surface area contributed by atoms with Gasteiger partial charge in [-0.1, -0.05) is 0 Å².